The van der Waals surface area contributed by atoms with Gasteiger partial charge in [-0.2, -0.15) is 0 Å². The molecule has 0 aliphatic carbocycles. The molecule has 0 saturated heterocycles. The fourth-order valence-corrected chi connectivity index (χ4v) is 3.78. The maximum atomic E-state index is 13.3. The summed E-state index contributed by atoms with van der Waals surface area (Å²) in [5, 5.41) is 0. The summed E-state index contributed by atoms with van der Waals surface area (Å²) in [7, 11) is 1.65. The molecule has 0 bridgehead atoms. The molecule has 6 heteroatoms. The Morgan fingerprint density at radius 3 is 2.53 bits per heavy atom. The van der Waals surface area contributed by atoms with Crippen LogP contribution in [0.1, 0.15) is 10.4 Å². The molecule has 150 valence electrons. The number of aromatic nitrogens is 2. The lowest BCUT2D eigenvalue weighted by Gasteiger charge is -2.31. The van der Waals surface area contributed by atoms with E-state index in [1.807, 2.05) is 90.0 Å². The van der Waals surface area contributed by atoms with Crippen molar-refractivity contribution in [2.45, 2.75) is 6.67 Å². The van der Waals surface area contributed by atoms with Gasteiger partial charge in [0.05, 0.1) is 24.7 Å². The number of amides is 1. The number of hydrogen-bond donors (Lipinski definition) is 0. The van der Waals surface area contributed by atoms with E-state index < -0.39 is 0 Å². The highest BCUT2D eigenvalue weighted by Gasteiger charge is 2.29. The maximum absolute atomic E-state index is 13.3. The lowest BCUT2D eigenvalue weighted by molar-refractivity contribution is 0.0979. The summed E-state index contributed by atoms with van der Waals surface area (Å²) in [4.78, 5) is 19.8. The Hall–Kier alpha value is -3.57. The zero-order valence-electron chi connectivity index (χ0n) is 16.4. The normalized spacial score (nSPS) is 11.8. The number of hydrogen-bond acceptors (Lipinski definition) is 3. The van der Waals surface area contributed by atoms with Crippen LogP contribution in [0, 0.1) is 0 Å². The fraction of sp³-hybridized carbons (Fsp3) is 0.0833. The first kappa shape index (κ1) is 19.7. The Morgan fingerprint density at radius 2 is 1.73 bits per heavy atom. The van der Waals surface area contributed by atoms with Crippen LogP contribution in [0.4, 0.5) is 5.69 Å². The molecule has 0 unspecified atom stereocenters. The Balaban J connectivity index is 0.00000218. The second-order valence-corrected chi connectivity index (χ2v) is 6.88. The molecule has 3 aromatic carbocycles. The average Bonchev–Trinajstić information content (AvgIpc) is 3.23. The van der Waals surface area contributed by atoms with Gasteiger partial charge in [-0.15, -0.1) is 12.4 Å². The molecular formula is C24H20ClN3O2. The van der Waals surface area contributed by atoms with Crippen molar-refractivity contribution in [3.63, 3.8) is 0 Å². The van der Waals surface area contributed by atoms with Crippen molar-refractivity contribution in [3.05, 3.63) is 90.6 Å². The molecule has 1 aromatic heterocycles. The topological polar surface area (TPSA) is 47.4 Å². The highest BCUT2D eigenvalue weighted by Crippen LogP contribution is 2.39. The molecule has 0 radical (unpaired) electrons. The lowest BCUT2D eigenvalue weighted by atomic mass is 10.1. The number of rotatable bonds is 3. The van der Waals surface area contributed by atoms with Crippen molar-refractivity contribution in [1.29, 1.82) is 0 Å². The van der Waals surface area contributed by atoms with Gasteiger partial charge in [-0.25, -0.2) is 4.98 Å². The SMILES string of the molecule is COc1cccc(-c2ncc3n2CN(C(=O)c2ccccc2)c2ccccc2-3)c1.Cl. The van der Waals surface area contributed by atoms with Gasteiger partial charge in [0, 0.05) is 16.7 Å². The van der Waals surface area contributed by atoms with Crippen LogP contribution >= 0.6 is 12.4 Å². The van der Waals surface area contributed by atoms with Gasteiger partial charge in [0.2, 0.25) is 0 Å². The van der Waals surface area contributed by atoms with Gasteiger partial charge < -0.3 is 9.30 Å². The molecule has 0 N–H and O–H groups in total. The smallest absolute Gasteiger partial charge is 0.259 e. The van der Waals surface area contributed by atoms with Gasteiger partial charge in [0.25, 0.3) is 5.91 Å². The third-order valence-electron chi connectivity index (χ3n) is 5.20. The molecular weight excluding hydrogens is 398 g/mol. The van der Waals surface area contributed by atoms with E-state index in [0.717, 1.165) is 34.1 Å². The number of anilines is 1. The quantitative estimate of drug-likeness (QED) is 0.456. The van der Waals surface area contributed by atoms with Crippen LogP contribution < -0.4 is 9.64 Å². The van der Waals surface area contributed by atoms with Crippen LogP contribution in [0.2, 0.25) is 0 Å². The number of fused-ring (bicyclic) bond motifs is 3. The Morgan fingerprint density at radius 1 is 0.967 bits per heavy atom. The van der Waals surface area contributed by atoms with Gasteiger partial charge in [0.15, 0.2) is 0 Å². The second-order valence-electron chi connectivity index (χ2n) is 6.88. The number of ether oxygens (including phenoxy) is 1. The van der Waals surface area contributed by atoms with Gasteiger partial charge in [0.1, 0.15) is 18.2 Å². The highest BCUT2D eigenvalue weighted by molar-refractivity contribution is 6.08. The van der Waals surface area contributed by atoms with E-state index in [1.165, 1.54) is 0 Å². The van der Waals surface area contributed by atoms with Crippen LogP contribution in [0.15, 0.2) is 85.1 Å². The van der Waals surface area contributed by atoms with E-state index in [2.05, 4.69) is 9.55 Å². The number of para-hydroxylation sites is 1. The zero-order chi connectivity index (χ0) is 19.8. The maximum Gasteiger partial charge on any atom is 0.259 e. The van der Waals surface area contributed by atoms with Gasteiger partial charge >= 0.3 is 0 Å². The van der Waals surface area contributed by atoms with Crippen molar-refractivity contribution in [2.75, 3.05) is 12.0 Å². The number of carbonyl (C=O) groups is 1. The van der Waals surface area contributed by atoms with Crippen LogP contribution in [-0.2, 0) is 6.67 Å². The molecule has 5 nitrogen and oxygen atoms in total. The van der Waals surface area contributed by atoms with Crippen LogP contribution in [0.3, 0.4) is 0 Å². The van der Waals surface area contributed by atoms with Crippen molar-refractivity contribution in [3.8, 4) is 28.4 Å². The van der Waals surface area contributed by atoms with Crippen LogP contribution in [0.5, 0.6) is 5.75 Å². The third-order valence-corrected chi connectivity index (χ3v) is 5.20. The summed E-state index contributed by atoms with van der Waals surface area (Å²) >= 11 is 0. The molecule has 4 aromatic rings. The first-order valence-electron chi connectivity index (χ1n) is 9.42. The predicted octanol–water partition coefficient (Wildman–Crippen LogP) is 5.27. The zero-order valence-corrected chi connectivity index (χ0v) is 17.2. The average molecular weight is 418 g/mol. The van der Waals surface area contributed by atoms with E-state index in [0.29, 0.717) is 12.2 Å². The summed E-state index contributed by atoms with van der Waals surface area (Å²) in [6, 6.07) is 25.1. The van der Waals surface area contributed by atoms with E-state index in [4.69, 9.17) is 4.74 Å². The number of nitrogens with zero attached hydrogens (tertiary/aromatic N) is 3. The fourth-order valence-electron chi connectivity index (χ4n) is 3.78. The molecule has 1 aliphatic rings. The third kappa shape index (κ3) is 3.23. The summed E-state index contributed by atoms with van der Waals surface area (Å²) < 4.78 is 7.45. The van der Waals surface area contributed by atoms with Gasteiger partial charge in [-0.3, -0.25) is 9.69 Å². The van der Waals surface area contributed by atoms with Gasteiger partial charge in [-0.1, -0.05) is 48.5 Å². The number of imidazole rings is 1. The van der Waals surface area contributed by atoms with Crippen molar-refractivity contribution in [2.24, 2.45) is 0 Å². The molecule has 1 aliphatic heterocycles. The second kappa shape index (κ2) is 8.05. The minimum Gasteiger partial charge on any atom is -0.497 e. The number of benzene rings is 3. The number of methoxy groups -OCH3 is 1. The van der Waals surface area contributed by atoms with Crippen molar-refractivity contribution in [1.82, 2.24) is 9.55 Å². The Labute approximate surface area is 181 Å². The summed E-state index contributed by atoms with van der Waals surface area (Å²) in [5.41, 5.74) is 4.49. The molecule has 0 saturated carbocycles. The van der Waals surface area contributed by atoms with Gasteiger partial charge in [-0.05, 0) is 30.3 Å². The minimum absolute atomic E-state index is 0. The van der Waals surface area contributed by atoms with E-state index in [1.54, 1.807) is 7.11 Å². The van der Waals surface area contributed by atoms with Crippen LogP contribution in [0.25, 0.3) is 22.6 Å². The Bertz CT molecular complexity index is 1200. The van der Waals surface area contributed by atoms with Crippen molar-refractivity contribution >= 4 is 24.0 Å². The minimum atomic E-state index is -0.0333. The van der Waals surface area contributed by atoms with E-state index in [9.17, 15) is 4.79 Å². The molecule has 5 rings (SSSR count). The monoisotopic (exact) mass is 417 g/mol. The molecule has 2 heterocycles. The molecule has 0 atom stereocenters. The Kier molecular flexibility index (Phi) is 5.29. The van der Waals surface area contributed by atoms with E-state index >= 15 is 0 Å². The number of halogens is 1. The standard InChI is InChI=1S/C24H19N3O2.ClH/c1-29-19-11-7-10-18(14-19)23-25-15-22-20-12-5-6-13-21(20)27(16-26(22)23)24(28)17-8-3-2-4-9-17;/h2-15H,16H2,1H3;1H. The molecule has 0 fully saturated rings. The number of carbonyl (C=O) groups excluding carboxylic acids is 1. The van der Waals surface area contributed by atoms with Crippen LogP contribution in [-0.4, -0.2) is 22.6 Å². The highest BCUT2D eigenvalue weighted by atomic mass is 35.5. The largest absolute Gasteiger partial charge is 0.497 e. The lowest BCUT2D eigenvalue weighted by Crippen LogP contribution is -2.36. The van der Waals surface area contributed by atoms with E-state index in [-0.39, 0.29) is 18.3 Å². The summed E-state index contributed by atoms with van der Waals surface area (Å²) in [6.07, 6.45) is 1.87. The molecule has 1 amide bonds. The first-order chi connectivity index (χ1) is 14.3. The summed E-state index contributed by atoms with van der Waals surface area (Å²) in [6.45, 7) is 0.395. The summed E-state index contributed by atoms with van der Waals surface area (Å²) in [5.74, 6) is 1.54. The van der Waals surface area contributed by atoms with Crippen molar-refractivity contribution < 1.29 is 9.53 Å². The molecule has 30 heavy (non-hydrogen) atoms. The first-order valence-corrected chi connectivity index (χ1v) is 9.42. The predicted molar refractivity (Wildman–Crippen MR) is 120 cm³/mol. The molecule has 0 spiro atoms.